The molecule has 0 spiro atoms. The van der Waals surface area contributed by atoms with Crippen LogP contribution in [-0.4, -0.2) is 28.9 Å². The molecule has 150 valence electrons. The topological polar surface area (TPSA) is 74.7 Å². The average molecular weight is 402 g/mol. The number of para-hydroxylation sites is 1. The van der Waals surface area contributed by atoms with E-state index in [0.717, 1.165) is 11.1 Å². The average Bonchev–Trinajstić information content (AvgIpc) is 3.08. The Hall–Kier alpha value is -3.93. The number of ether oxygens (including phenoxy) is 1. The number of H-pyrrole nitrogens is 1. The van der Waals surface area contributed by atoms with Gasteiger partial charge in [0.25, 0.3) is 0 Å². The van der Waals surface area contributed by atoms with Gasteiger partial charge in [-0.3, -0.25) is 4.79 Å². The van der Waals surface area contributed by atoms with E-state index in [0.29, 0.717) is 27.9 Å². The molecule has 1 aromatic heterocycles. The second-order valence-corrected chi connectivity index (χ2v) is 6.78. The van der Waals surface area contributed by atoms with Gasteiger partial charge in [0.05, 0.1) is 36.0 Å². The summed E-state index contributed by atoms with van der Waals surface area (Å²) in [5, 5.41) is 11.3. The van der Waals surface area contributed by atoms with Crippen molar-refractivity contribution in [3.63, 3.8) is 0 Å². The first-order valence-corrected chi connectivity index (χ1v) is 9.35. The number of nitrogens with zero attached hydrogens (tertiary/aromatic N) is 1. The quantitative estimate of drug-likeness (QED) is 0.368. The fourth-order valence-corrected chi connectivity index (χ4v) is 3.31. The number of rotatable bonds is 5. The molecule has 5 nitrogen and oxygen atoms in total. The number of aromatic nitrogens is 1. The lowest BCUT2D eigenvalue weighted by molar-refractivity contribution is -0.139. The van der Waals surface area contributed by atoms with Crippen molar-refractivity contribution in [1.29, 1.82) is 0 Å². The summed E-state index contributed by atoms with van der Waals surface area (Å²) < 4.78 is 18.4. The van der Waals surface area contributed by atoms with Crippen molar-refractivity contribution in [3.8, 4) is 5.88 Å². The smallest absolute Gasteiger partial charge is 0.309 e. The van der Waals surface area contributed by atoms with Crippen LogP contribution in [0.25, 0.3) is 10.9 Å². The standard InChI is InChI=1S/C24H19FN2O3/c1-30-21(28)13-15-7-9-16(10-8-15)23(26-18-5-3-2-4-6-18)22-19-12-11-17(25)14-20(19)27-24(22)29/h2-12,14,27,29H,13H2,1H3. The van der Waals surface area contributed by atoms with Crippen LogP contribution in [0.4, 0.5) is 10.1 Å². The molecule has 2 N–H and O–H groups in total. The highest BCUT2D eigenvalue weighted by Gasteiger charge is 2.19. The van der Waals surface area contributed by atoms with Crippen molar-refractivity contribution in [3.05, 3.63) is 95.3 Å². The van der Waals surface area contributed by atoms with Crippen LogP contribution in [0.5, 0.6) is 5.88 Å². The molecule has 0 saturated carbocycles. The Balaban J connectivity index is 1.86. The highest BCUT2D eigenvalue weighted by molar-refractivity contribution is 6.21. The summed E-state index contributed by atoms with van der Waals surface area (Å²) in [6.45, 7) is 0. The van der Waals surface area contributed by atoms with Crippen LogP contribution in [0.15, 0.2) is 77.8 Å². The molecule has 0 atom stereocenters. The first-order chi connectivity index (χ1) is 14.5. The number of benzene rings is 3. The lowest BCUT2D eigenvalue weighted by atomic mass is 9.99. The zero-order valence-electron chi connectivity index (χ0n) is 16.2. The summed E-state index contributed by atoms with van der Waals surface area (Å²) in [5.74, 6) is -0.815. The summed E-state index contributed by atoms with van der Waals surface area (Å²) in [6, 6.07) is 21.0. The molecule has 0 unspecified atom stereocenters. The third-order valence-electron chi connectivity index (χ3n) is 4.78. The maximum absolute atomic E-state index is 13.7. The monoisotopic (exact) mass is 402 g/mol. The lowest BCUT2D eigenvalue weighted by Crippen LogP contribution is -2.06. The molecule has 0 fully saturated rings. The van der Waals surface area contributed by atoms with E-state index in [9.17, 15) is 14.3 Å². The highest BCUT2D eigenvalue weighted by Crippen LogP contribution is 2.32. The van der Waals surface area contributed by atoms with Crippen LogP contribution >= 0.6 is 0 Å². The van der Waals surface area contributed by atoms with Gasteiger partial charge in [-0.1, -0.05) is 42.5 Å². The van der Waals surface area contributed by atoms with E-state index in [1.165, 1.54) is 19.2 Å². The molecule has 4 rings (SSSR count). The molecule has 3 aromatic carbocycles. The predicted octanol–water partition coefficient (Wildman–Crippen LogP) is 4.90. The molecule has 0 amide bonds. The Morgan fingerprint density at radius 3 is 2.50 bits per heavy atom. The molecule has 0 saturated heterocycles. The minimum absolute atomic E-state index is 0.0936. The van der Waals surface area contributed by atoms with Gasteiger partial charge in [0.1, 0.15) is 5.82 Å². The third kappa shape index (κ3) is 3.93. The third-order valence-corrected chi connectivity index (χ3v) is 4.78. The van der Waals surface area contributed by atoms with Crippen LogP contribution in [0.1, 0.15) is 16.7 Å². The van der Waals surface area contributed by atoms with Gasteiger partial charge in [-0.05, 0) is 35.9 Å². The van der Waals surface area contributed by atoms with Gasteiger partial charge in [-0.2, -0.15) is 0 Å². The van der Waals surface area contributed by atoms with Gasteiger partial charge in [-0.25, -0.2) is 9.38 Å². The number of hydrogen-bond acceptors (Lipinski definition) is 4. The Kier molecular flexibility index (Phi) is 5.30. The number of methoxy groups -OCH3 is 1. The lowest BCUT2D eigenvalue weighted by Gasteiger charge is -2.09. The Morgan fingerprint density at radius 2 is 1.80 bits per heavy atom. The van der Waals surface area contributed by atoms with Crippen molar-refractivity contribution in [2.45, 2.75) is 6.42 Å². The van der Waals surface area contributed by atoms with Crippen molar-refractivity contribution < 1.29 is 19.0 Å². The number of hydrogen-bond donors (Lipinski definition) is 2. The Bertz CT molecular complexity index is 1230. The maximum atomic E-state index is 13.7. The molecule has 6 heteroatoms. The predicted molar refractivity (Wildman–Crippen MR) is 114 cm³/mol. The molecule has 30 heavy (non-hydrogen) atoms. The number of aromatic amines is 1. The van der Waals surface area contributed by atoms with Gasteiger partial charge >= 0.3 is 5.97 Å². The van der Waals surface area contributed by atoms with Crippen molar-refractivity contribution in [2.24, 2.45) is 4.99 Å². The molecular weight excluding hydrogens is 383 g/mol. The highest BCUT2D eigenvalue weighted by atomic mass is 19.1. The zero-order valence-corrected chi connectivity index (χ0v) is 16.2. The zero-order chi connectivity index (χ0) is 21.1. The van der Waals surface area contributed by atoms with Gasteiger partial charge in [-0.15, -0.1) is 0 Å². The van der Waals surface area contributed by atoms with Gasteiger partial charge in [0, 0.05) is 10.9 Å². The number of esters is 1. The van der Waals surface area contributed by atoms with Crippen molar-refractivity contribution in [1.82, 2.24) is 4.98 Å². The number of fused-ring (bicyclic) bond motifs is 1. The molecule has 0 aliphatic heterocycles. The Labute approximate surface area is 172 Å². The fraction of sp³-hybridized carbons (Fsp3) is 0.0833. The molecular formula is C24H19FN2O3. The molecule has 4 aromatic rings. The first-order valence-electron chi connectivity index (χ1n) is 9.35. The van der Waals surface area contributed by atoms with Gasteiger partial charge in [0.2, 0.25) is 0 Å². The minimum Gasteiger partial charge on any atom is -0.494 e. The summed E-state index contributed by atoms with van der Waals surface area (Å²) >= 11 is 0. The van der Waals surface area contributed by atoms with Crippen LogP contribution in [0, 0.1) is 5.82 Å². The van der Waals surface area contributed by atoms with E-state index in [1.54, 1.807) is 6.07 Å². The van der Waals surface area contributed by atoms with E-state index in [2.05, 4.69) is 4.98 Å². The van der Waals surface area contributed by atoms with Crippen molar-refractivity contribution >= 4 is 28.3 Å². The Morgan fingerprint density at radius 1 is 1.07 bits per heavy atom. The summed E-state index contributed by atoms with van der Waals surface area (Å²) in [4.78, 5) is 19.1. The normalized spacial score (nSPS) is 11.6. The number of carbonyl (C=O) groups excluding carboxylic acids is 1. The molecule has 0 aliphatic carbocycles. The van der Waals surface area contributed by atoms with Crippen LogP contribution in [0.3, 0.4) is 0 Å². The molecule has 1 heterocycles. The molecule has 0 radical (unpaired) electrons. The van der Waals surface area contributed by atoms with Gasteiger partial charge in [0.15, 0.2) is 5.88 Å². The largest absolute Gasteiger partial charge is 0.494 e. The molecule has 0 bridgehead atoms. The van der Waals surface area contributed by atoms with E-state index in [1.807, 2.05) is 54.6 Å². The second-order valence-electron chi connectivity index (χ2n) is 6.78. The van der Waals surface area contributed by atoms with E-state index in [-0.39, 0.29) is 18.3 Å². The van der Waals surface area contributed by atoms with Crippen LogP contribution in [-0.2, 0) is 16.0 Å². The summed E-state index contributed by atoms with van der Waals surface area (Å²) in [5.41, 5.74) is 3.74. The maximum Gasteiger partial charge on any atom is 0.309 e. The van der Waals surface area contributed by atoms with E-state index < -0.39 is 5.82 Å². The minimum atomic E-state index is -0.399. The van der Waals surface area contributed by atoms with Crippen molar-refractivity contribution in [2.75, 3.05) is 7.11 Å². The fourth-order valence-electron chi connectivity index (χ4n) is 3.31. The van der Waals surface area contributed by atoms with E-state index in [4.69, 9.17) is 9.73 Å². The number of aromatic hydroxyl groups is 1. The number of nitrogens with one attached hydrogen (secondary N) is 1. The van der Waals surface area contributed by atoms with Crippen LogP contribution in [0.2, 0.25) is 0 Å². The SMILES string of the molecule is COC(=O)Cc1ccc(C(=Nc2ccccc2)c2c(O)[nH]c3cc(F)ccc23)cc1. The van der Waals surface area contributed by atoms with Gasteiger partial charge < -0.3 is 14.8 Å². The summed E-state index contributed by atoms with van der Waals surface area (Å²) in [6.07, 6.45) is 0.166. The number of halogens is 1. The number of aliphatic imine (C=N–C) groups is 1. The number of carbonyl (C=O) groups is 1. The second kappa shape index (κ2) is 8.21. The summed E-state index contributed by atoms with van der Waals surface area (Å²) in [7, 11) is 1.35. The molecule has 0 aliphatic rings. The van der Waals surface area contributed by atoms with E-state index >= 15 is 0 Å². The first kappa shape index (κ1) is 19.4. The van der Waals surface area contributed by atoms with Crippen LogP contribution < -0.4 is 0 Å².